The number of hydrogen-bond acceptors (Lipinski definition) is 3. The van der Waals surface area contributed by atoms with E-state index < -0.39 is 0 Å². The maximum Gasteiger partial charge on any atom is 0.244 e. The second-order valence-electron chi connectivity index (χ2n) is 6.10. The van der Waals surface area contributed by atoms with Crippen LogP contribution in [0.4, 0.5) is 0 Å². The van der Waals surface area contributed by atoms with Crippen molar-refractivity contribution in [3.8, 4) is 11.5 Å². The predicted molar refractivity (Wildman–Crippen MR) is 94.1 cm³/mol. The van der Waals surface area contributed by atoms with Crippen LogP contribution in [-0.2, 0) is 4.79 Å². The minimum atomic E-state index is -0.126. The molecule has 2 aromatic carbocycles. The van der Waals surface area contributed by atoms with Crippen LogP contribution >= 0.6 is 0 Å². The summed E-state index contributed by atoms with van der Waals surface area (Å²) in [7, 11) is 0. The van der Waals surface area contributed by atoms with Crippen LogP contribution in [0.15, 0.2) is 42.5 Å². The van der Waals surface area contributed by atoms with E-state index in [9.17, 15) is 4.79 Å². The van der Waals surface area contributed by atoms with Crippen molar-refractivity contribution in [2.75, 3.05) is 6.79 Å². The van der Waals surface area contributed by atoms with E-state index in [1.165, 1.54) is 17.2 Å². The third kappa shape index (κ3) is 3.77. The van der Waals surface area contributed by atoms with Crippen LogP contribution in [0.25, 0.3) is 6.08 Å². The lowest BCUT2D eigenvalue weighted by Gasteiger charge is -2.14. The van der Waals surface area contributed by atoms with Gasteiger partial charge in [0, 0.05) is 6.08 Å². The number of nitrogens with one attached hydrogen (secondary N) is 1. The minimum Gasteiger partial charge on any atom is -0.454 e. The Balaban J connectivity index is 1.64. The number of aryl methyl sites for hydroxylation is 2. The van der Waals surface area contributed by atoms with Gasteiger partial charge < -0.3 is 14.8 Å². The maximum atomic E-state index is 12.1. The molecule has 4 nitrogen and oxygen atoms in total. The van der Waals surface area contributed by atoms with Gasteiger partial charge in [0.1, 0.15) is 0 Å². The third-order valence-electron chi connectivity index (χ3n) is 3.93. The van der Waals surface area contributed by atoms with Gasteiger partial charge in [-0.05, 0) is 50.1 Å². The summed E-state index contributed by atoms with van der Waals surface area (Å²) in [5.74, 6) is 1.32. The number of carbonyl (C=O) groups excluding carboxylic acids is 1. The van der Waals surface area contributed by atoms with Gasteiger partial charge in [0.15, 0.2) is 11.5 Å². The summed E-state index contributed by atoms with van der Waals surface area (Å²) >= 11 is 0. The van der Waals surface area contributed by atoms with Gasteiger partial charge in [-0.1, -0.05) is 35.4 Å². The molecule has 0 fully saturated rings. The van der Waals surface area contributed by atoms with Gasteiger partial charge in [-0.3, -0.25) is 4.79 Å². The number of carbonyl (C=O) groups is 1. The molecule has 1 unspecified atom stereocenters. The maximum absolute atomic E-state index is 12.1. The van der Waals surface area contributed by atoms with E-state index in [0.29, 0.717) is 5.75 Å². The molecule has 1 N–H and O–H groups in total. The first-order chi connectivity index (χ1) is 11.5. The summed E-state index contributed by atoms with van der Waals surface area (Å²) in [6.07, 6.45) is 3.31. The average molecular weight is 323 g/mol. The Labute approximate surface area is 142 Å². The lowest BCUT2D eigenvalue weighted by atomic mass is 10.0. The Morgan fingerprint density at radius 3 is 2.54 bits per heavy atom. The van der Waals surface area contributed by atoms with Crippen molar-refractivity contribution >= 4 is 12.0 Å². The standard InChI is InChI=1S/C20H21NO3/c1-13-8-14(2)10-17(9-13)15(3)21-20(22)7-5-16-4-6-18-19(11-16)24-12-23-18/h4-11,15H,12H2,1-3H3,(H,21,22). The first kappa shape index (κ1) is 16.1. The van der Waals surface area contributed by atoms with Crippen LogP contribution in [-0.4, -0.2) is 12.7 Å². The first-order valence-corrected chi connectivity index (χ1v) is 7.98. The molecule has 3 rings (SSSR count). The van der Waals surface area contributed by atoms with Crippen LogP contribution in [0.1, 0.15) is 35.2 Å². The molecular formula is C20H21NO3. The van der Waals surface area contributed by atoms with Gasteiger partial charge in [-0.25, -0.2) is 0 Å². The summed E-state index contributed by atoms with van der Waals surface area (Å²) in [5.41, 5.74) is 4.40. The number of hydrogen-bond donors (Lipinski definition) is 1. The molecule has 0 aromatic heterocycles. The summed E-state index contributed by atoms with van der Waals surface area (Å²) < 4.78 is 10.6. The van der Waals surface area contributed by atoms with Crippen molar-refractivity contribution in [3.05, 3.63) is 64.7 Å². The molecule has 1 amide bonds. The molecule has 4 heteroatoms. The van der Waals surface area contributed by atoms with Gasteiger partial charge in [0.2, 0.25) is 12.7 Å². The van der Waals surface area contributed by atoms with E-state index in [0.717, 1.165) is 16.9 Å². The number of ether oxygens (including phenoxy) is 2. The quantitative estimate of drug-likeness (QED) is 0.868. The Morgan fingerprint density at radius 1 is 1.08 bits per heavy atom. The van der Waals surface area contributed by atoms with Gasteiger partial charge in [-0.2, -0.15) is 0 Å². The topological polar surface area (TPSA) is 47.6 Å². The number of amides is 1. The molecule has 2 aromatic rings. The summed E-state index contributed by atoms with van der Waals surface area (Å²) in [4.78, 5) is 12.1. The molecule has 1 aliphatic rings. The van der Waals surface area contributed by atoms with Crippen molar-refractivity contribution in [3.63, 3.8) is 0 Å². The van der Waals surface area contributed by atoms with Gasteiger partial charge >= 0.3 is 0 Å². The Bertz CT molecular complexity index is 775. The zero-order valence-corrected chi connectivity index (χ0v) is 14.1. The molecule has 1 atom stereocenters. The van der Waals surface area contributed by atoms with Gasteiger partial charge in [-0.15, -0.1) is 0 Å². The average Bonchev–Trinajstić information content (AvgIpc) is 2.99. The second kappa shape index (κ2) is 6.79. The number of rotatable bonds is 4. The molecule has 0 bridgehead atoms. The van der Waals surface area contributed by atoms with Crippen molar-refractivity contribution < 1.29 is 14.3 Å². The molecule has 0 aliphatic carbocycles. The fourth-order valence-corrected chi connectivity index (χ4v) is 2.79. The Morgan fingerprint density at radius 2 is 1.79 bits per heavy atom. The summed E-state index contributed by atoms with van der Waals surface area (Å²) in [6.45, 7) is 6.35. The normalized spacial score (nSPS) is 14.0. The largest absolute Gasteiger partial charge is 0.454 e. The molecule has 0 spiro atoms. The number of benzene rings is 2. The van der Waals surface area contributed by atoms with Gasteiger partial charge in [0.05, 0.1) is 6.04 Å². The fraction of sp³-hybridized carbons (Fsp3) is 0.250. The first-order valence-electron chi connectivity index (χ1n) is 7.98. The van der Waals surface area contributed by atoms with E-state index in [1.54, 1.807) is 6.08 Å². The van der Waals surface area contributed by atoms with Crippen molar-refractivity contribution in [2.45, 2.75) is 26.8 Å². The smallest absolute Gasteiger partial charge is 0.244 e. The highest BCUT2D eigenvalue weighted by atomic mass is 16.7. The highest BCUT2D eigenvalue weighted by Crippen LogP contribution is 2.32. The molecular weight excluding hydrogens is 302 g/mol. The molecule has 1 aliphatic heterocycles. The van der Waals surface area contributed by atoms with Crippen molar-refractivity contribution in [1.29, 1.82) is 0 Å². The minimum absolute atomic E-state index is 0.0440. The zero-order chi connectivity index (χ0) is 17.1. The van der Waals surface area contributed by atoms with E-state index in [-0.39, 0.29) is 18.7 Å². The van der Waals surface area contributed by atoms with Crippen LogP contribution in [0.5, 0.6) is 11.5 Å². The van der Waals surface area contributed by atoms with Crippen LogP contribution < -0.4 is 14.8 Å². The van der Waals surface area contributed by atoms with E-state index in [1.807, 2.05) is 25.1 Å². The summed E-state index contributed by atoms with van der Waals surface area (Å²) in [5, 5.41) is 2.99. The van der Waals surface area contributed by atoms with E-state index >= 15 is 0 Å². The lowest BCUT2D eigenvalue weighted by molar-refractivity contribution is -0.117. The van der Waals surface area contributed by atoms with Gasteiger partial charge in [0.25, 0.3) is 0 Å². The molecule has 24 heavy (non-hydrogen) atoms. The number of fused-ring (bicyclic) bond motifs is 1. The van der Waals surface area contributed by atoms with Crippen LogP contribution in [0.2, 0.25) is 0 Å². The Hall–Kier alpha value is -2.75. The van der Waals surface area contributed by atoms with Crippen molar-refractivity contribution in [2.24, 2.45) is 0 Å². The third-order valence-corrected chi connectivity index (χ3v) is 3.93. The molecule has 124 valence electrons. The SMILES string of the molecule is Cc1cc(C)cc(C(C)NC(=O)C=Cc2ccc3c(c2)OCO3)c1. The molecule has 0 radical (unpaired) electrons. The highest BCUT2D eigenvalue weighted by molar-refractivity contribution is 5.92. The Kier molecular flexibility index (Phi) is 4.56. The van der Waals surface area contributed by atoms with Crippen LogP contribution in [0.3, 0.4) is 0 Å². The monoisotopic (exact) mass is 323 g/mol. The van der Waals surface area contributed by atoms with Crippen LogP contribution in [0, 0.1) is 13.8 Å². The lowest BCUT2D eigenvalue weighted by Crippen LogP contribution is -2.24. The second-order valence-corrected chi connectivity index (χ2v) is 6.10. The van der Waals surface area contributed by atoms with Crippen molar-refractivity contribution in [1.82, 2.24) is 5.32 Å². The molecule has 1 heterocycles. The summed E-state index contributed by atoms with van der Waals surface area (Å²) in [6, 6.07) is 11.9. The van der Waals surface area contributed by atoms with E-state index in [2.05, 4.69) is 37.4 Å². The molecule has 0 saturated carbocycles. The molecule has 0 saturated heterocycles. The fourth-order valence-electron chi connectivity index (χ4n) is 2.79. The zero-order valence-electron chi connectivity index (χ0n) is 14.1. The van der Waals surface area contributed by atoms with E-state index in [4.69, 9.17) is 9.47 Å². The predicted octanol–water partition coefficient (Wildman–Crippen LogP) is 3.92. The highest BCUT2D eigenvalue weighted by Gasteiger charge is 2.12.